The van der Waals surface area contributed by atoms with Crippen molar-refractivity contribution in [1.82, 2.24) is 5.01 Å². The van der Waals surface area contributed by atoms with Crippen molar-refractivity contribution in [1.29, 1.82) is 0 Å². The van der Waals surface area contributed by atoms with E-state index in [4.69, 9.17) is 26.2 Å². The van der Waals surface area contributed by atoms with Crippen LogP contribution in [-0.2, 0) is 0 Å². The Balaban J connectivity index is 1.57. The monoisotopic (exact) mass is 576 g/mol. The van der Waals surface area contributed by atoms with E-state index >= 15 is 0 Å². The van der Waals surface area contributed by atoms with Crippen molar-refractivity contribution in [2.45, 2.75) is 18.0 Å². The molecule has 0 unspecified atom stereocenters. The zero-order valence-electron chi connectivity index (χ0n) is 22.8. The summed E-state index contributed by atoms with van der Waals surface area (Å²) in [4.78, 5) is 44.3. The number of ether oxygens (including phenoxy) is 2. The molecule has 4 aromatic rings. The number of halogens is 1. The van der Waals surface area contributed by atoms with Crippen LogP contribution < -0.4 is 9.47 Å². The van der Waals surface area contributed by atoms with Crippen molar-refractivity contribution >= 4 is 35.2 Å². The Hall–Kier alpha value is -4.75. The van der Waals surface area contributed by atoms with Crippen LogP contribution in [0.15, 0.2) is 96.1 Å². The molecule has 8 heteroatoms. The van der Waals surface area contributed by atoms with Gasteiger partial charge in [-0.05, 0) is 41.5 Å². The molecule has 208 valence electrons. The minimum absolute atomic E-state index is 0.287. The van der Waals surface area contributed by atoms with Crippen LogP contribution in [0.2, 0.25) is 5.02 Å². The molecule has 1 aliphatic carbocycles. The quantitative estimate of drug-likeness (QED) is 0.209. The van der Waals surface area contributed by atoms with Gasteiger partial charge in [0.2, 0.25) is 0 Å². The van der Waals surface area contributed by atoms with E-state index in [1.807, 2.05) is 24.3 Å². The molecule has 2 aliphatic heterocycles. The fourth-order valence-electron chi connectivity index (χ4n) is 6.98. The molecular weight excluding hydrogens is 552 g/mol. The van der Waals surface area contributed by atoms with Crippen molar-refractivity contribution < 1.29 is 23.9 Å². The SMILES string of the molecule is COc1ccc([C@@H]2[C@H](C(=O)c3ccc(Cl)cc3)N3N=Cc4ccccc4[C@H]3C23C(=O)c2ccccc2C3=O)c(OC)c1. The molecule has 1 saturated heterocycles. The third-order valence-corrected chi connectivity index (χ3v) is 9.00. The number of ketones is 3. The summed E-state index contributed by atoms with van der Waals surface area (Å²) in [6.07, 6.45) is 1.69. The van der Waals surface area contributed by atoms with Gasteiger partial charge in [-0.1, -0.05) is 66.2 Å². The number of carbonyl (C=O) groups excluding carboxylic acids is 3. The van der Waals surface area contributed by atoms with Crippen LogP contribution >= 0.6 is 11.6 Å². The van der Waals surface area contributed by atoms with Crippen LogP contribution in [0.3, 0.4) is 0 Å². The van der Waals surface area contributed by atoms with Gasteiger partial charge in [-0.3, -0.25) is 19.4 Å². The summed E-state index contributed by atoms with van der Waals surface area (Å²) in [6, 6.07) is 24.4. The lowest BCUT2D eigenvalue weighted by molar-refractivity contribution is 0.0585. The number of hydrogen-bond donors (Lipinski definition) is 0. The van der Waals surface area contributed by atoms with E-state index in [1.165, 1.54) is 7.11 Å². The molecule has 3 atom stereocenters. The number of fused-ring (bicyclic) bond motifs is 5. The average molecular weight is 577 g/mol. The molecule has 1 fully saturated rings. The molecule has 1 spiro atoms. The van der Waals surface area contributed by atoms with Gasteiger partial charge in [-0.15, -0.1) is 0 Å². The molecule has 4 aromatic carbocycles. The van der Waals surface area contributed by atoms with Crippen LogP contribution in [0.1, 0.15) is 59.7 Å². The predicted molar refractivity (Wildman–Crippen MR) is 158 cm³/mol. The van der Waals surface area contributed by atoms with Crippen LogP contribution in [0.25, 0.3) is 0 Å². The molecule has 7 rings (SSSR count). The Labute approximate surface area is 247 Å². The van der Waals surface area contributed by atoms with Gasteiger partial charge in [0.05, 0.1) is 26.5 Å². The Morgan fingerprint density at radius 3 is 2.17 bits per heavy atom. The van der Waals surface area contributed by atoms with E-state index in [-0.39, 0.29) is 17.3 Å². The summed E-state index contributed by atoms with van der Waals surface area (Å²) >= 11 is 6.16. The summed E-state index contributed by atoms with van der Waals surface area (Å²) in [5, 5.41) is 6.94. The minimum Gasteiger partial charge on any atom is -0.497 e. The first-order chi connectivity index (χ1) is 20.4. The lowest BCUT2D eigenvalue weighted by Gasteiger charge is -2.36. The van der Waals surface area contributed by atoms with Gasteiger partial charge >= 0.3 is 0 Å². The summed E-state index contributed by atoms with van der Waals surface area (Å²) in [7, 11) is 3.06. The van der Waals surface area contributed by atoms with E-state index < -0.39 is 23.4 Å². The highest BCUT2D eigenvalue weighted by atomic mass is 35.5. The molecule has 0 radical (unpaired) electrons. The van der Waals surface area contributed by atoms with Gasteiger partial charge in [0, 0.05) is 39.3 Å². The normalized spacial score (nSPS) is 21.2. The molecule has 0 saturated carbocycles. The molecule has 7 nitrogen and oxygen atoms in total. The second-order valence-corrected chi connectivity index (χ2v) is 11.1. The number of carbonyl (C=O) groups is 3. The minimum atomic E-state index is -1.70. The highest BCUT2D eigenvalue weighted by Crippen LogP contribution is 2.65. The molecule has 2 heterocycles. The van der Waals surface area contributed by atoms with E-state index in [0.29, 0.717) is 38.8 Å². The Morgan fingerprint density at radius 1 is 0.833 bits per heavy atom. The van der Waals surface area contributed by atoms with Crippen molar-refractivity contribution in [3.05, 3.63) is 129 Å². The topological polar surface area (TPSA) is 85.3 Å². The molecule has 0 aromatic heterocycles. The van der Waals surface area contributed by atoms with Gasteiger partial charge < -0.3 is 9.47 Å². The number of benzene rings is 4. The standard InChI is InChI=1S/C34H25ClN2O5/c1-41-22-15-16-26(27(17-22)42-2)28-29(30(38)19-11-13-21(35)14-12-19)37-31(23-8-4-3-7-20(23)18-36-37)34(28)32(39)24-9-5-6-10-25(24)33(34)40/h3-18,28-29,31H,1-2H3/t28-,29-,31+/m1/s1. The molecular formula is C34H25ClN2O5. The van der Waals surface area contributed by atoms with Crippen LogP contribution in [0, 0.1) is 5.41 Å². The number of rotatable bonds is 5. The van der Waals surface area contributed by atoms with E-state index in [0.717, 1.165) is 11.1 Å². The van der Waals surface area contributed by atoms with Crippen LogP contribution in [0.5, 0.6) is 11.5 Å². The Morgan fingerprint density at radius 2 is 1.50 bits per heavy atom. The van der Waals surface area contributed by atoms with E-state index in [2.05, 4.69) is 0 Å². The van der Waals surface area contributed by atoms with Gasteiger partial charge in [0.15, 0.2) is 17.3 Å². The molecule has 42 heavy (non-hydrogen) atoms. The maximum Gasteiger partial charge on any atom is 0.187 e. The van der Waals surface area contributed by atoms with Gasteiger partial charge in [-0.25, -0.2) is 0 Å². The smallest absolute Gasteiger partial charge is 0.187 e. The first-order valence-corrected chi connectivity index (χ1v) is 13.9. The Kier molecular flexibility index (Phi) is 6.02. The van der Waals surface area contributed by atoms with Gasteiger partial charge in [0.25, 0.3) is 0 Å². The van der Waals surface area contributed by atoms with Gasteiger partial charge in [0.1, 0.15) is 23.0 Å². The highest BCUT2D eigenvalue weighted by Gasteiger charge is 2.73. The zero-order valence-corrected chi connectivity index (χ0v) is 23.5. The third kappa shape index (κ3) is 3.46. The van der Waals surface area contributed by atoms with Crippen molar-refractivity contribution in [2.24, 2.45) is 10.5 Å². The largest absolute Gasteiger partial charge is 0.497 e. The highest BCUT2D eigenvalue weighted by molar-refractivity contribution is 6.32. The predicted octanol–water partition coefficient (Wildman–Crippen LogP) is 6.16. The maximum absolute atomic E-state index is 14.9. The number of nitrogens with zero attached hydrogens (tertiary/aromatic N) is 2. The summed E-state index contributed by atoms with van der Waals surface area (Å²) in [6.45, 7) is 0. The van der Waals surface area contributed by atoms with E-state index in [9.17, 15) is 14.4 Å². The Bertz CT molecular complexity index is 1780. The molecule has 0 bridgehead atoms. The van der Waals surface area contributed by atoms with Crippen molar-refractivity contribution in [3.8, 4) is 11.5 Å². The van der Waals surface area contributed by atoms with Gasteiger partial charge in [-0.2, -0.15) is 5.10 Å². The zero-order chi connectivity index (χ0) is 29.2. The average Bonchev–Trinajstić information content (AvgIpc) is 3.46. The summed E-state index contributed by atoms with van der Waals surface area (Å²) in [5.74, 6) is -0.969. The lowest BCUT2D eigenvalue weighted by atomic mass is 9.62. The maximum atomic E-state index is 14.9. The number of methoxy groups -OCH3 is 2. The molecule has 3 aliphatic rings. The second kappa shape index (κ2) is 9.67. The van der Waals surface area contributed by atoms with Crippen LogP contribution in [-0.4, -0.2) is 48.8 Å². The fourth-order valence-corrected chi connectivity index (χ4v) is 7.11. The van der Waals surface area contributed by atoms with Crippen molar-refractivity contribution in [3.63, 3.8) is 0 Å². The first-order valence-electron chi connectivity index (χ1n) is 13.5. The summed E-state index contributed by atoms with van der Waals surface area (Å²) in [5.41, 5.74) is 1.45. The summed E-state index contributed by atoms with van der Waals surface area (Å²) < 4.78 is 11.3. The van der Waals surface area contributed by atoms with Crippen molar-refractivity contribution in [2.75, 3.05) is 14.2 Å². The molecule has 0 amide bonds. The number of hydrazone groups is 1. The number of hydrogen-bond acceptors (Lipinski definition) is 7. The lowest BCUT2D eigenvalue weighted by Crippen LogP contribution is -2.44. The van der Waals surface area contributed by atoms with E-state index in [1.54, 1.807) is 85.1 Å². The third-order valence-electron chi connectivity index (χ3n) is 8.75. The van der Waals surface area contributed by atoms with Crippen LogP contribution in [0.4, 0.5) is 0 Å². The molecule has 0 N–H and O–H groups in total. The fraction of sp³-hybridized carbons (Fsp3) is 0.176. The first kappa shape index (κ1) is 26.2. The number of Topliss-reactive ketones (excluding diaryl/α,β-unsaturated/α-hetero) is 3. The second-order valence-electron chi connectivity index (χ2n) is 10.6.